The smallest absolute Gasteiger partial charge is 0.234 e. The van der Waals surface area contributed by atoms with Crippen LogP contribution >= 0.6 is 0 Å². The first-order valence-corrected chi connectivity index (χ1v) is 11.1. The molecule has 0 unspecified atom stereocenters. The van der Waals surface area contributed by atoms with Gasteiger partial charge in [-0.25, -0.2) is 0 Å². The van der Waals surface area contributed by atoms with Gasteiger partial charge in [-0.2, -0.15) is 0 Å². The van der Waals surface area contributed by atoms with E-state index >= 15 is 0 Å². The molecular weight excluding hydrogens is 424 g/mol. The number of carbonyl (C=O) groups excluding carboxylic acids is 2. The van der Waals surface area contributed by atoms with Gasteiger partial charge in [0.1, 0.15) is 11.4 Å². The summed E-state index contributed by atoms with van der Waals surface area (Å²) in [4.78, 5) is 28.3. The zero-order valence-electron chi connectivity index (χ0n) is 18.2. The molecule has 4 aliphatic rings. The molecule has 170 valence electrons. The fourth-order valence-corrected chi connectivity index (χ4v) is 5.31. The number of nitrogens with zero attached hydrogens (tertiary/aromatic N) is 1. The molecule has 2 aromatic rings. The summed E-state index contributed by atoms with van der Waals surface area (Å²) in [5.74, 6) is 0.738. The molecule has 1 N–H and O–H groups in total. The summed E-state index contributed by atoms with van der Waals surface area (Å²) < 4.78 is 22.2. The molecule has 2 amide bonds. The van der Waals surface area contributed by atoms with Crippen LogP contribution in [0, 0.1) is 11.8 Å². The minimum Gasteiger partial charge on any atom is -0.497 e. The van der Waals surface area contributed by atoms with Crippen molar-refractivity contribution in [1.82, 2.24) is 5.32 Å². The highest BCUT2D eigenvalue weighted by Gasteiger charge is 2.67. The van der Waals surface area contributed by atoms with Crippen molar-refractivity contribution in [3.05, 3.63) is 60.2 Å². The second-order valence-corrected chi connectivity index (χ2v) is 8.75. The first-order valence-electron chi connectivity index (χ1n) is 11.1. The second kappa shape index (κ2) is 7.52. The van der Waals surface area contributed by atoms with Gasteiger partial charge in [-0.15, -0.1) is 0 Å². The summed E-state index contributed by atoms with van der Waals surface area (Å²) in [5.41, 5.74) is 1.05. The molecule has 8 nitrogen and oxygen atoms in total. The predicted octanol–water partition coefficient (Wildman–Crippen LogP) is 2.07. The van der Waals surface area contributed by atoms with Crippen molar-refractivity contribution >= 4 is 17.5 Å². The summed E-state index contributed by atoms with van der Waals surface area (Å²) in [6, 6.07) is 13.2. The van der Waals surface area contributed by atoms with Crippen LogP contribution in [0.25, 0.3) is 0 Å². The molecule has 2 fully saturated rings. The van der Waals surface area contributed by atoms with Crippen molar-refractivity contribution in [3.63, 3.8) is 0 Å². The largest absolute Gasteiger partial charge is 0.497 e. The summed E-state index contributed by atoms with van der Waals surface area (Å²) in [6.45, 7) is 1.03. The van der Waals surface area contributed by atoms with E-state index in [1.54, 1.807) is 24.1 Å². The summed E-state index contributed by atoms with van der Waals surface area (Å²) >= 11 is 0. The molecule has 0 aromatic heterocycles. The number of rotatable bonds is 6. The third-order valence-electron chi connectivity index (χ3n) is 6.94. The lowest BCUT2D eigenvalue weighted by Crippen LogP contribution is -2.44. The molecule has 4 atom stereocenters. The lowest BCUT2D eigenvalue weighted by molar-refractivity contribution is -0.131. The van der Waals surface area contributed by atoms with E-state index in [1.807, 2.05) is 42.5 Å². The van der Waals surface area contributed by atoms with E-state index < -0.39 is 17.4 Å². The van der Waals surface area contributed by atoms with Crippen LogP contribution in [0.5, 0.6) is 17.2 Å². The fourth-order valence-electron chi connectivity index (χ4n) is 5.31. The first kappa shape index (κ1) is 20.1. The molecule has 2 aromatic carbocycles. The molecule has 4 aliphatic heterocycles. The number of fused-ring (bicyclic) bond motifs is 2. The third-order valence-corrected chi connectivity index (χ3v) is 6.94. The number of ether oxygens (including phenoxy) is 4. The number of methoxy groups -OCH3 is 1. The van der Waals surface area contributed by atoms with Crippen LogP contribution in [0.3, 0.4) is 0 Å². The molecule has 6 rings (SSSR count). The molecule has 8 heteroatoms. The topological polar surface area (TPSA) is 86.3 Å². The van der Waals surface area contributed by atoms with Crippen molar-refractivity contribution in [2.75, 3.05) is 31.9 Å². The van der Waals surface area contributed by atoms with Crippen LogP contribution < -0.4 is 24.4 Å². The highest BCUT2D eigenvalue weighted by Crippen LogP contribution is 2.53. The number of hydrogen-bond acceptors (Lipinski definition) is 6. The van der Waals surface area contributed by atoms with Crippen molar-refractivity contribution in [3.8, 4) is 17.2 Å². The molecule has 0 aliphatic carbocycles. The average molecular weight is 448 g/mol. The Kier molecular flexibility index (Phi) is 4.58. The van der Waals surface area contributed by atoms with Gasteiger partial charge >= 0.3 is 0 Å². The number of carbonyl (C=O) groups is 2. The van der Waals surface area contributed by atoms with Gasteiger partial charge in [0.05, 0.1) is 31.6 Å². The normalized spacial score (nSPS) is 28.3. The van der Waals surface area contributed by atoms with Gasteiger partial charge in [0.2, 0.25) is 18.6 Å². The van der Waals surface area contributed by atoms with Gasteiger partial charge in [-0.1, -0.05) is 24.3 Å². The Morgan fingerprint density at radius 1 is 1.18 bits per heavy atom. The third kappa shape index (κ3) is 3.16. The second-order valence-electron chi connectivity index (χ2n) is 8.75. The molecule has 2 saturated heterocycles. The van der Waals surface area contributed by atoms with Crippen molar-refractivity contribution in [2.24, 2.45) is 11.8 Å². The molecule has 0 saturated carbocycles. The molecule has 4 heterocycles. The lowest BCUT2D eigenvalue weighted by atomic mass is 9.77. The Balaban J connectivity index is 1.16. The van der Waals surface area contributed by atoms with E-state index in [-0.39, 0.29) is 24.7 Å². The van der Waals surface area contributed by atoms with Crippen molar-refractivity contribution in [2.45, 2.75) is 18.1 Å². The zero-order chi connectivity index (χ0) is 22.6. The van der Waals surface area contributed by atoms with Crippen LogP contribution in [-0.4, -0.2) is 50.5 Å². The van der Waals surface area contributed by atoms with Gasteiger partial charge in [-0.05, 0) is 36.2 Å². The Labute approximate surface area is 191 Å². The minimum absolute atomic E-state index is 0.101. The highest BCUT2D eigenvalue weighted by atomic mass is 16.7. The highest BCUT2D eigenvalue weighted by molar-refractivity contribution is 6.03. The van der Waals surface area contributed by atoms with E-state index in [9.17, 15) is 9.59 Å². The van der Waals surface area contributed by atoms with Gasteiger partial charge in [0.25, 0.3) is 0 Å². The Hall–Kier alpha value is -3.52. The van der Waals surface area contributed by atoms with E-state index in [4.69, 9.17) is 18.9 Å². The molecule has 33 heavy (non-hydrogen) atoms. The maximum Gasteiger partial charge on any atom is 0.234 e. The Bertz CT molecular complexity index is 1150. The maximum atomic E-state index is 13.5. The monoisotopic (exact) mass is 448 g/mol. The van der Waals surface area contributed by atoms with Gasteiger partial charge in [0.15, 0.2) is 11.5 Å². The Morgan fingerprint density at radius 3 is 2.82 bits per heavy atom. The first-order chi connectivity index (χ1) is 16.1. The summed E-state index contributed by atoms with van der Waals surface area (Å²) in [7, 11) is 1.63. The Morgan fingerprint density at radius 2 is 2.00 bits per heavy atom. The standard InChI is InChI=1S/C25H24N2O6/c1-30-17-5-2-15(3-6-17)9-11-26-23(28)21-19-8-10-25(33-19)13-27(24(29)22(21)25)16-4-7-18-20(12-16)32-14-31-18/h2-8,10,12,19,21-22H,9,11,13-14H2,1H3,(H,26,28)/t19-,21-,22+,25-/m1/s1. The van der Waals surface area contributed by atoms with Crippen molar-refractivity contribution in [1.29, 1.82) is 0 Å². The van der Waals surface area contributed by atoms with Crippen LogP contribution in [0.1, 0.15) is 5.56 Å². The predicted molar refractivity (Wildman–Crippen MR) is 118 cm³/mol. The summed E-state index contributed by atoms with van der Waals surface area (Å²) in [5, 5.41) is 3.01. The van der Waals surface area contributed by atoms with Crippen molar-refractivity contribution < 1.29 is 28.5 Å². The van der Waals surface area contributed by atoms with Crippen LogP contribution in [0.4, 0.5) is 5.69 Å². The van der Waals surface area contributed by atoms with Crippen LogP contribution in [0.2, 0.25) is 0 Å². The molecule has 0 radical (unpaired) electrons. The van der Waals surface area contributed by atoms with E-state index in [0.29, 0.717) is 36.7 Å². The van der Waals surface area contributed by atoms with E-state index in [1.165, 1.54) is 0 Å². The van der Waals surface area contributed by atoms with E-state index in [2.05, 4.69) is 5.32 Å². The van der Waals surface area contributed by atoms with E-state index in [0.717, 1.165) is 11.3 Å². The fraction of sp³-hybridized carbons (Fsp3) is 0.360. The number of anilines is 1. The number of amides is 2. The molecule has 1 spiro atoms. The SMILES string of the molecule is COc1ccc(CCNC(=O)[C@H]2[C@H]3C(=O)N(c4ccc5c(c4)OCO5)C[C@]34C=C[C@H]2O4)cc1. The minimum atomic E-state index is -0.768. The number of hydrogen-bond donors (Lipinski definition) is 1. The number of nitrogens with one attached hydrogen (secondary N) is 1. The zero-order valence-corrected chi connectivity index (χ0v) is 18.2. The van der Waals surface area contributed by atoms with Crippen LogP contribution in [0.15, 0.2) is 54.6 Å². The lowest BCUT2D eigenvalue weighted by Gasteiger charge is -2.23. The summed E-state index contributed by atoms with van der Waals surface area (Å²) in [6.07, 6.45) is 4.19. The molecule has 2 bridgehead atoms. The van der Waals surface area contributed by atoms with Crippen LogP contribution in [-0.2, 0) is 20.7 Å². The van der Waals surface area contributed by atoms with Gasteiger partial charge in [0, 0.05) is 18.3 Å². The maximum absolute atomic E-state index is 13.5. The van der Waals surface area contributed by atoms with Gasteiger partial charge < -0.3 is 29.2 Å². The quantitative estimate of drug-likeness (QED) is 0.681. The van der Waals surface area contributed by atoms with Gasteiger partial charge in [-0.3, -0.25) is 9.59 Å². The molecular formula is C25H24N2O6. The average Bonchev–Trinajstić information content (AvgIpc) is 3.59. The number of benzene rings is 2.